The van der Waals surface area contributed by atoms with E-state index in [-0.39, 0.29) is 0 Å². The summed E-state index contributed by atoms with van der Waals surface area (Å²) in [7, 11) is 0. The van der Waals surface area contributed by atoms with Crippen molar-refractivity contribution in [2.24, 2.45) is 0 Å². The summed E-state index contributed by atoms with van der Waals surface area (Å²) in [6, 6.07) is 9.96. The van der Waals surface area contributed by atoms with E-state index < -0.39 is 0 Å². The van der Waals surface area contributed by atoms with Crippen LogP contribution in [-0.4, -0.2) is 30.2 Å². The van der Waals surface area contributed by atoms with Gasteiger partial charge in [-0.05, 0) is 37.9 Å². The summed E-state index contributed by atoms with van der Waals surface area (Å²) >= 11 is 0. The molecule has 3 heterocycles. The molecule has 94 valence electrons. The molecule has 0 spiro atoms. The van der Waals surface area contributed by atoms with Crippen LogP contribution in [-0.2, 0) is 0 Å². The maximum atomic E-state index is 5.93. The molecule has 4 rings (SSSR count). The van der Waals surface area contributed by atoms with Crippen molar-refractivity contribution in [2.45, 2.75) is 31.3 Å². The van der Waals surface area contributed by atoms with Crippen LogP contribution in [0.15, 0.2) is 28.7 Å². The van der Waals surface area contributed by atoms with E-state index >= 15 is 0 Å². The first-order valence-electron chi connectivity index (χ1n) is 6.76. The van der Waals surface area contributed by atoms with Crippen molar-refractivity contribution in [3.8, 4) is 0 Å². The first-order valence-corrected chi connectivity index (χ1v) is 6.76. The summed E-state index contributed by atoms with van der Waals surface area (Å²) in [4.78, 5) is 7.05. The molecule has 18 heavy (non-hydrogen) atoms. The Hall–Kier alpha value is -1.55. The summed E-state index contributed by atoms with van der Waals surface area (Å²) < 4.78 is 5.93. The first-order chi connectivity index (χ1) is 8.92. The largest absolute Gasteiger partial charge is 0.423 e. The number of hydrogen-bond acceptors (Lipinski definition) is 4. The van der Waals surface area contributed by atoms with Gasteiger partial charge in [0.25, 0.3) is 6.01 Å². The Morgan fingerprint density at radius 1 is 1.17 bits per heavy atom. The number of nitrogens with one attached hydrogen (secondary N) is 1. The third kappa shape index (κ3) is 1.52. The quantitative estimate of drug-likeness (QED) is 0.833. The minimum atomic E-state index is 0.547. The Labute approximate surface area is 106 Å². The number of anilines is 1. The number of benzene rings is 1. The molecule has 1 N–H and O–H groups in total. The van der Waals surface area contributed by atoms with Crippen molar-refractivity contribution in [1.82, 2.24) is 10.3 Å². The monoisotopic (exact) mass is 243 g/mol. The van der Waals surface area contributed by atoms with Gasteiger partial charge in [0.15, 0.2) is 5.58 Å². The Kier molecular flexibility index (Phi) is 2.30. The smallest absolute Gasteiger partial charge is 0.298 e. The lowest BCUT2D eigenvalue weighted by molar-refractivity contribution is 0.527. The molecule has 2 aliphatic rings. The lowest BCUT2D eigenvalue weighted by Gasteiger charge is -2.25. The first kappa shape index (κ1) is 10.4. The van der Waals surface area contributed by atoms with Crippen LogP contribution in [0.5, 0.6) is 0 Å². The SMILES string of the molecule is c1ccc2oc(N3C4CCNCC3CC4)nc2c1. The molecule has 2 atom stereocenters. The van der Waals surface area contributed by atoms with Crippen molar-refractivity contribution >= 4 is 17.1 Å². The van der Waals surface area contributed by atoms with Gasteiger partial charge in [0.1, 0.15) is 5.52 Å². The molecular formula is C14H17N3O. The molecule has 1 aromatic carbocycles. The van der Waals surface area contributed by atoms with Crippen molar-refractivity contribution < 1.29 is 4.42 Å². The van der Waals surface area contributed by atoms with Crippen LogP contribution >= 0.6 is 0 Å². The highest BCUT2D eigenvalue weighted by Gasteiger charge is 2.37. The van der Waals surface area contributed by atoms with Gasteiger partial charge < -0.3 is 14.6 Å². The van der Waals surface area contributed by atoms with Crippen molar-refractivity contribution in [3.63, 3.8) is 0 Å². The summed E-state index contributed by atoms with van der Waals surface area (Å²) in [6.07, 6.45) is 3.71. The fourth-order valence-electron chi connectivity index (χ4n) is 3.27. The van der Waals surface area contributed by atoms with Gasteiger partial charge in [-0.1, -0.05) is 12.1 Å². The summed E-state index contributed by atoms with van der Waals surface area (Å²) in [5.41, 5.74) is 1.85. The molecule has 4 nitrogen and oxygen atoms in total. The molecule has 1 aromatic heterocycles. The Morgan fingerprint density at radius 3 is 3.00 bits per heavy atom. The van der Waals surface area contributed by atoms with Crippen molar-refractivity contribution in [2.75, 3.05) is 18.0 Å². The Morgan fingerprint density at radius 2 is 2.06 bits per heavy atom. The van der Waals surface area contributed by atoms with E-state index in [4.69, 9.17) is 4.42 Å². The zero-order chi connectivity index (χ0) is 11.9. The third-order valence-electron chi connectivity index (χ3n) is 4.16. The Balaban J connectivity index is 1.77. The topological polar surface area (TPSA) is 41.3 Å². The van der Waals surface area contributed by atoms with Gasteiger partial charge in [0, 0.05) is 18.6 Å². The predicted molar refractivity (Wildman–Crippen MR) is 70.8 cm³/mol. The highest BCUT2D eigenvalue weighted by atomic mass is 16.4. The van der Waals surface area contributed by atoms with Crippen LogP contribution in [0, 0.1) is 0 Å². The van der Waals surface area contributed by atoms with Gasteiger partial charge in [-0.2, -0.15) is 4.98 Å². The number of aromatic nitrogens is 1. The molecule has 2 bridgehead atoms. The summed E-state index contributed by atoms with van der Waals surface area (Å²) in [5.74, 6) is 0. The average molecular weight is 243 g/mol. The fourth-order valence-corrected chi connectivity index (χ4v) is 3.27. The highest BCUT2D eigenvalue weighted by molar-refractivity contribution is 5.74. The van der Waals surface area contributed by atoms with E-state index in [9.17, 15) is 0 Å². The van der Waals surface area contributed by atoms with Gasteiger partial charge in [0.2, 0.25) is 0 Å². The van der Waals surface area contributed by atoms with Crippen LogP contribution in [0.3, 0.4) is 0 Å². The molecule has 4 heteroatoms. The van der Waals surface area contributed by atoms with E-state index in [0.29, 0.717) is 12.1 Å². The molecule has 2 unspecified atom stereocenters. The molecular weight excluding hydrogens is 226 g/mol. The molecule has 2 aromatic rings. The second kappa shape index (κ2) is 3.99. The van der Waals surface area contributed by atoms with Crippen LogP contribution in [0.1, 0.15) is 19.3 Å². The second-order valence-electron chi connectivity index (χ2n) is 5.25. The van der Waals surface area contributed by atoms with Gasteiger partial charge in [-0.25, -0.2) is 0 Å². The normalized spacial score (nSPS) is 27.7. The molecule has 2 saturated heterocycles. The lowest BCUT2D eigenvalue weighted by Crippen LogP contribution is -2.38. The second-order valence-corrected chi connectivity index (χ2v) is 5.25. The minimum Gasteiger partial charge on any atom is -0.423 e. The maximum Gasteiger partial charge on any atom is 0.298 e. The molecule has 0 radical (unpaired) electrons. The molecule has 2 fully saturated rings. The van der Waals surface area contributed by atoms with Crippen LogP contribution in [0.25, 0.3) is 11.1 Å². The third-order valence-corrected chi connectivity index (χ3v) is 4.16. The Bertz CT molecular complexity index is 518. The van der Waals surface area contributed by atoms with E-state index in [1.807, 2.05) is 24.3 Å². The van der Waals surface area contributed by atoms with E-state index in [1.54, 1.807) is 0 Å². The number of nitrogens with zero attached hydrogens (tertiary/aromatic N) is 2. The van der Waals surface area contributed by atoms with E-state index in [0.717, 1.165) is 30.2 Å². The molecule has 2 aliphatic heterocycles. The number of hydrogen-bond donors (Lipinski definition) is 1. The predicted octanol–water partition coefficient (Wildman–Crippen LogP) is 2.16. The van der Waals surface area contributed by atoms with Crippen molar-refractivity contribution in [1.29, 1.82) is 0 Å². The van der Waals surface area contributed by atoms with Crippen LogP contribution < -0.4 is 10.2 Å². The average Bonchev–Trinajstić information content (AvgIpc) is 2.88. The van der Waals surface area contributed by atoms with Crippen LogP contribution in [0.2, 0.25) is 0 Å². The maximum absolute atomic E-state index is 5.93. The number of fused-ring (bicyclic) bond motifs is 3. The summed E-state index contributed by atoms with van der Waals surface area (Å²) in [6.45, 7) is 2.16. The molecule has 0 amide bonds. The zero-order valence-corrected chi connectivity index (χ0v) is 10.3. The zero-order valence-electron chi connectivity index (χ0n) is 10.3. The fraction of sp³-hybridized carbons (Fsp3) is 0.500. The number of para-hydroxylation sites is 2. The van der Waals surface area contributed by atoms with E-state index in [2.05, 4.69) is 15.2 Å². The number of oxazole rings is 1. The van der Waals surface area contributed by atoms with Gasteiger partial charge >= 0.3 is 0 Å². The lowest BCUT2D eigenvalue weighted by atomic mass is 10.1. The van der Waals surface area contributed by atoms with Crippen molar-refractivity contribution in [3.05, 3.63) is 24.3 Å². The molecule has 0 saturated carbocycles. The standard InChI is InChI=1S/C14H17N3O/c1-2-4-13-12(3-1)16-14(18-13)17-10-5-6-11(17)9-15-8-7-10/h1-4,10-11,15H,5-9H2. The summed E-state index contributed by atoms with van der Waals surface area (Å²) in [5, 5.41) is 3.50. The molecule has 0 aliphatic carbocycles. The minimum absolute atomic E-state index is 0.547. The van der Waals surface area contributed by atoms with Crippen LogP contribution in [0.4, 0.5) is 6.01 Å². The van der Waals surface area contributed by atoms with E-state index in [1.165, 1.54) is 19.3 Å². The van der Waals surface area contributed by atoms with Gasteiger partial charge in [0.05, 0.1) is 0 Å². The number of rotatable bonds is 1. The van der Waals surface area contributed by atoms with Gasteiger partial charge in [-0.3, -0.25) is 0 Å². The van der Waals surface area contributed by atoms with Gasteiger partial charge in [-0.15, -0.1) is 0 Å². The highest BCUT2D eigenvalue weighted by Crippen LogP contribution is 2.34.